The monoisotopic (exact) mass is 224 g/mol. The molecule has 0 bridgehead atoms. The van der Waals surface area contributed by atoms with E-state index >= 15 is 0 Å². The Morgan fingerprint density at radius 3 is 2.94 bits per heavy atom. The van der Waals surface area contributed by atoms with Crippen molar-refractivity contribution in [2.75, 3.05) is 11.9 Å². The van der Waals surface area contributed by atoms with Crippen molar-refractivity contribution in [2.24, 2.45) is 11.5 Å². The van der Waals surface area contributed by atoms with Gasteiger partial charge in [0.1, 0.15) is 5.82 Å². The Morgan fingerprint density at radius 1 is 1.69 bits per heavy atom. The van der Waals surface area contributed by atoms with E-state index in [4.69, 9.17) is 11.5 Å². The summed E-state index contributed by atoms with van der Waals surface area (Å²) in [4.78, 5) is 15.0. The van der Waals surface area contributed by atoms with E-state index in [2.05, 4.69) is 10.3 Å². The molecule has 1 amide bonds. The number of hydrogen-bond donors (Lipinski definition) is 4. The number of nitrogens with zero attached hydrogens (tertiary/aromatic N) is 1. The highest BCUT2D eigenvalue weighted by atomic mass is 16.3. The van der Waals surface area contributed by atoms with E-state index in [1.165, 1.54) is 0 Å². The van der Waals surface area contributed by atoms with Crippen LogP contribution in [0.1, 0.15) is 17.3 Å². The third-order valence-electron chi connectivity index (χ3n) is 2.20. The zero-order chi connectivity index (χ0) is 12.1. The second-order valence-electron chi connectivity index (χ2n) is 3.55. The minimum atomic E-state index is -0.631. The molecule has 0 saturated heterocycles. The van der Waals surface area contributed by atoms with Crippen LogP contribution in [-0.4, -0.2) is 34.7 Å². The van der Waals surface area contributed by atoms with Crippen LogP contribution in [0.5, 0.6) is 0 Å². The molecular formula is C10H16N4O2. The molecule has 0 saturated carbocycles. The number of aromatic nitrogens is 1. The summed E-state index contributed by atoms with van der Waals surface area (Å²) in [6.45, 7) is 1.91. The first kappa shape index (κ1) is 12.4. The Kier molecular flexibility index (Phi) is 4.21. The Labute approximate surface area is 93.7 Å². The number of rotatable bonds is 5. The normalized spacial score (nSPS) is 14.2. The van der Waals surface area contributed by atoms with Crippen molar-refractivity contribution in [3.8, 4) is 0 Å². The maximum Gasteiger partial charge on any atom is 0.252 e. The van der Waals surface area contributed by atoms with Gasteiger partial charge >= 0.3 is 0 Å². The van der Waals surface area contributed by atoms with Gasteiger partial charge in [-0.25, -0.2) is 4.98 Å². The van der Waals surface area contributed by atoms with Gasteiger partial charge < -0.3 is 21.9 Å². The first-order chi connectivity index (χ1) is 7.52. The summed E-state index contributed by atoms with van der Waals surface area (Å²) in [6, 6.07) is 2.77. The number of amides is 1. The van der Waals surface area contributed by atoms with Crippen LogP contribution in [0.15, 0.2) is 18.3 Å². The van der Waals surface area contributed by atoms with Crippen LogP contribution in [0.25, 0.3) is 0 Å². The van der Waals surface area contributed by atoms with E-state index in [1.807, 2.05) is 0 Å². The number of aliphatic hydroxyl groups is 1. The molecule has 6 N–H and O–H groups in total. The zero-order valence-corrected chi connectivity index (χ0v) is 9.05. The van der Waals surface area contributed by atoms with Crippen molar-refractivity contribution >= 4 is 11.7 Å². The van der Waals surface area contributed by atoms with Gasteiger partial charge in [-0.3, -0.25) is 4.79 Å². The smallest absolute Gasteiger partial charge is 0.252 e. The molecule has 6 heteroatoms. The Hall–Kier alpha value is -1.66. The number of anilines is 1. The van der Waals surface area contributed by atoms with Crippen LogP contribution in [0.3, 0.4) is 0 Å². The number of carbonyl (C=O) groups excluding carboxylic acids is 1. The molecule has 88 valence electrons. The van der Waals surface area contributed by atoms with E-state index in [-0.39, 0.29) is 0 Å². The topological polar surface area (TPSA) is 114 Å². The SMILES string of the molecule is CC(O)C(N)CNc1ncccc1C(N)=O. The van der Waals surface area contributed by atoms with Gasteiger partial charge in [-0.15, -0.1) is 0 Å². The molecule has 6 nitrogen and oxygen atoms in total. The second-order valence-corrected chi connectivity index (χ2v) is 3.55. The van der Waals surface area contributed by atoms with Gasteiger partial charge in [-0.1, -0.05) is 0 Å². The van der Waals surface area contributed by atoms with Gasteiger partial charge in [0, 0.05) is 18.8 Å². The van der Waals surface area contributed by atoms with E-state index in [0.29, 0.717) is 17.9 Å². The fraction of sp³-hybridized carbons (Fsp3) is 0.400. The fourth-order valence-corrected chi connectivity index (χ4v) is 1.13. The number of aliphatic hydroxyl groups excluding tert-OH is 1. The zero-order valence-electron chi connectivity index (χ0n) is 9.05. The minimum absolute atomic E-state index is 0.306. The minimum Gasteiger partial charge on any atom is -0.392 e. The second kappa shape index (κ2) is 5.43. The summed E-state index contributed by atoms with van der Waals surface area (Å²) in [6.07, 6.45) is 0.913. The Morgan fingerprint density at radius 2 is 2.38 bits per heavy atom. The summed E-state index contributed by atoms with van der Waals surface area (Å²) in [5, 5.41) is 12.1. The van der Waals surface area contributed by atoms with Crippen molar-refractivity contribution in [1.82, 2.24) is 4.98 Å². The summed E-state index contributed by atoms with van der Waals surface area (Å²) in [5.74, 6) is -0.174. The van der Waals surface area contributed by atoms with E-state index in [0.717, 1.165) is 0 Å². The van der Waals surface area contributed by atoms with Crippen molar-refractivity contribution < 1.29 is 9.90 Å². The van der Waals surface area contributed by atoms with Gasteiger partial charge in [-0.05, 0) is 19.1 Å². The van der Waals surface area contributed by atoms with Crippen LogP contribution < -0.4 is 16.8 Å². The lowest BCUT2D eigenvalue weighted by Gasteiger charge is -2.16. The molecule has 0 fully saturated rings. The average Bonchev–Trinajstić information content (AvgIpc) is 2.25. The van der Waals surface area contributed by atoms with Crippen molar-refractivity contribution in [3.05, 3.63) is 23.9 Å². The highest BCUT2D eigenvalue weighted by Crippen LogP contribution is 2.10. The van der Waals surface area contributed by atoms with Crippen molar-refractivity contribution in [2.45, 2.75) is 19.1 Å². The molecule has 16 heavy (non-hydrogen) atoms. The molecule has 2 atom stereocenters. The first-order valence-electron chi connectivity index (χ1n) is 4.94. The first-order valence-corrected chi connectivity index (χ1v) is 4.94. The Balaban J connectivity index is 2.70. The van der Waals surface area contributed by atoms with Crippen molar-refractivity contribution in [3.63, 3.8) is 0 Å². The summed E-state index contributed by atoms with van der Waals surface area (Å²) < 4.78 is 0. The summed E-state index contributed by atoms with van der Waals surface area (Å²) in [7, 11) is 0. The molecule has 0 radical (unpaired) electrons. The predicted molar refractivity (Wildman–Crippen MR) is 60.9 cm³/mol. The molecule has 1 heterocycles. The van der Waals surface area contributed by atoms with Crippen LogP contribution in [-0.2, 0) is 0 Å². The molecule has 0 aliphatic rings. The number of hydrogen-bond acceptors (Lipinski definition) is 5. The van der Waals surface area contributed by atoms with E-state index in [9.17, 15) is 9.90 Å². The maximum absolute atomic E-state index is 11.1. The molecule has 1 aromatic rings. The average molecular weight is 224 g/mol. The van der Waals surface area contributed by atoms with Gasteiger partial charge in [-0.2, -0.15) is 0 Å². The number of pyridine rings is 1. The quantitative estimate of drug-likeness (QED) is 0.528. The van der Waals surface area contributed by atoms with Gasteiger partial charge in [0.05, 0.1) is 11.7 Å². The molecule has 0 aromatic carbocycles. The Bertz CT molecular complexity index is 368. The standard InChI is InChI=1S/C10H16N4O2/c1-6(15)8(11)5-14-10-7(9(12)16)3-2-4-13-10/h2-4,6,8,15H,5,11H2,1H3,(H2,12,16)(H,13,14). The largest absolute Gasteiger partial charge is 0.392 e. The molecule has 0 aliphatic heterocycles. The van der Waals surface area contributed by atoms with Crippen LogP contribution in [0.4, 0.5) is 5.82 Å². The van der Waals surface area contributed by atoms with Gasteiger partial charge in [0.25, 0.3) is 5.91 Å². The lowest BCUT2D eigenvalue weighted by atomic mass is 10.2. The number of nitrogens with two attached hydrogens (primary N) is 2. The lowest BCUT2D eigenvalue weighted by molar-refractivity contribution is 0.100. The van der Waals surface area contributed by atoms with Gasteiger partial charge in [0.2, 0.25) is 0 Å². The van der Waals surface area contributed by atoms with Crippen LogP contribution in [0.2, 0.25) is 0 Å². The summed E-state index contributed by atoms with van der Waals surface area (Å²) >= 11 is 0. The predicted octanol–water partition coefficient (Wildman–Crippen LogP) is -0.699. The highest BCUT2D eigenvalue weighted by molar-refractivity contribution is 5.97. The molecule has 0 spiro atoms. The van der Waals surface area contributed by atoms with E-state index < -0.39 is 18.1 Å². The third-order valence-corrected chi connectivity index (χ3v) is 2.20. The van der Waals surface area contributed by atoms with Crippen molar-refractivity contribution in [1.29, 1.82) is 0 Å². The molecular weight excluding hydrogens is 208 g/mol. The van der Waals surface area contributed by atoms with Gasteiger partial charge in [0.15, 0.2) is 0 Å². The molecule has 2 unspecified atom stereocenters. The molecule has 0 aliphatic carbocycles. The number of nitrogens with one attached hydrogen (secondary N) is 1. The van der Waals surface area contributed by atoms with Crippen LogP contribution >= 0.6 is 0 Å². The molecule has 1 aromatic heterocycles. The fourth-order valence-electron chi connectivity index (χ4n) is 1.13. The summed E-state index contributed by atoms with van der Waals surface area (Å²) in [5.41, 5.74) is 11.1. The van der Waals surface area contributed by atoms with E-state index in [1.54, 1.807) is 25.3 Å². The lowest BCUT2D eigenvalue weighted by Crippen LogP contribution is -2.39. The number of primary amides is 1. The third kappa shape index (κ3) is 3.18. The maximum atomic E-state index is 11.1. The highest BCUT2D eigenvalue weighted by Gasteiger charge is 2.12. The van der Waals surface area contributed by atoms with Crippen LogP contribution in [0, 0.1) is 0 Å². The number of carbonyl (C=O) groups is 1. The molecule has 1 rings (SSSR count).